The number of aromatic carboxylic acids is 1. The van der Waals surface area contributed by atoms with E-state index in [1.807, 2.05) is 0 Å². The van der Waals surface area contributed by atoms with Crippen molar-refractivity contribution < 1.29 is 37.0 Å². The zero-order chi connectivity index (χ0) is 23.5. The number of nitrogens with one attached hydrogen (secondary N) is 1. The Balaban J connectivity index is 1.90. The van der Waals surface area contributed by atoms with Gasteiger partial charge < -0.3 is 15.2 Å². The van der Waals surface area contributed by atoms with Crippen molar-refractivity contribution in [1.82, 2.24) is 15.3 Å². The summed E-state index contributed by atoms with van der Waals surface area (Å²) in [4.78, 5) is 31.5. The summed E-state index contributed by atoms with van der Waals surface area (Å²) >= 11 is 0. The largest absolute Gasteiger partial charge is 0.573 e. The van der Waals surface area contributed by atoms with Gasteiger partial charge in [-0.1, -0.05) is 13.0 Å². The van der Waals surface area contributed by atoms with Gasteiger partial charge in [-0.3, -0.25) is 14.8 Å². The maximum atomic E-state index is 14.6. The molecule has 3 rings (SSSR count). The van der Waals surface area contributed by atoms with Crippen LogP contribution in [0.5, 0.6) is 0 Å². The number of rotatable bonds is 6. The van der Waals surface area contributed by atoms with Gasteiger partial charge in [-0.05, 0) is 42.8 Å². The highest BCUT2D eigenvalue weighted by Gasteiger charge is 2.39. The zero-order valence-corrected chi connectivity index (χ0v) is 16.6. The minimum atomic E-state index is -4.86. The molecule has 0 fully saturated rings. The molecule has 2 atom stereocenters. The summed E-state index contributed by atoms with van der Waals surface area (Å²) in [5.41, 5.74) is -1.44. The van der Waals surface area contributed by atoms with Crippen molar-refractivity contribution in [3.63, 3.8) is 0 Å². The molecule has 2 unspecified atom stereocenters. The second kappa shape index (κ2) is 8.77. The Bertz CT molecular complexity index is 1080. The third-order valence-corrected chi connectivity index (χ3v) is 4.84. The number of carboxylic acid groups (broad SMARTS) is 1. The lowest BCUT2D eigenvalue weighted by molar-refractivity contribution is -0.303. The fourth-order valence-electron chi connectivity index (χ4n) is 3.17. The van der Waals surface area contributed by atoms with Crippen LogP contribution in [-0.4, -0.2) is 33.3 Å². The third kappa shape index (κ3) is 5.29. The normalized spacial score (nSPS) is 19.1. The van der Waals surface area contributed by atoms with Crippen molar-refractivity contribution in [1.29, 1.82) is 0 Å². The van der Waals surface area contributed by atoms with Crippen LogP contribution >= 0.6 is 0 Å². The number of allylic oxidation sites excluding steroid dienone is 2. The van der Waals surface area contributed by atoms with Gasteiger partial charge in [-0.2, -0.15) is 0 Å². The third-order valence-electron chi connectivity index (χ3n) is 4.84. The number of aromatic nitrogens is 2. The van der Waals surface area contributed by atoms with Crippen molar-refractivity contribution in [3.05, 3.63) is 83.4 Å². The highest BCUT2D eigenvalue weighted by molar-refractivity contribution is 5.94. The molecule has 0 aliphatic heterocycles. The number of carboxylic acids is 1. The molecule has 32 heavy (non-hydrogen) atoms. The Morgan fingerprint density at radius 3 is 2.53 bits per heavy atom. The van der Waals surface area contributed by atoms with E-state index >= 15 is 0 Å². The molecule has 1 aliphatic rings. The molecule has 2 aromatic heterocycles. The fraction of sp³-hybridized carbons (Fsp3) is 0.238. The van der Waals surface area contributed by atoms with E-state index in [1.165, 1.54) is 36.5 Å². The lowest BCUT2D eigenvalue weighted by Crippen LogP contribution is -2.40. The van der Waals surface area contributed by atoms with Crippen molar-refractivity contribution in [3.8, 4) is 0 Å². The average molecular weight is 451 g/mol. The summed E-state index contributed by atoms with van der Waals surface area (Å²) in [6, 6.07) is 3.80. The van der Waals surface area contributed by atoms with E-state index in [-0.39, 0.29) is 23.4 Å². The van der Waals surface area contributed by atoms with Gasteiger partial charge in [0.1, 0.15) is 17.3 Å². The lowest BCUT2D eigenvalue weighted by Gasteiger charge is -2.36. The van der Waals surface area contributed by atoms with E-state index < -0.39 is 41.3 Å². The highest BCUT2D eigenvalue weighted by Crippen LogP contribution is 2.42. The number of alkyl halides is 3. The minimum absolute atomic E-state index is 0.0265. The van der Waals surface area contributed by atoms with Crippen molar-refractivity contribution in [2.45, 2.75) is 25.7 Å². The predicted molar refractivity (Wildman–Crippen MR) is 103 cm³/mol. The molecular weight excluding hydrogens is 434 g/mol. The summed E-state index contributed by atoms with van der Waals surface area (Å²) in [7, 11) is 0. The first kappa shape index (κ1) is 22.9. The first-order valence-corrected chi connectivity index (χ1v) is 9.24. The topological polar surface area (TPSA) is 101 Å². The van der Waals surface area contributed by atoms with Gasteiger partial charge in [0.15, 0.2) is 0 Å². The number of pyridine rings is 2. The number of nitrogens with zero attached hydrogens (tertiary/aromatic N) is 2. The molecule has 1 amide bonds. The van der Waals surface area contributed by atoms with Crippen LogP contribution in [0.4, 0.5) is 17.6 Å². The van der Waals surface area contributed by atoms with Crippen LogP contribution in [0.3, 0.4) is 0 Å². The number of carbonyl (C=O) groups excluding carboxylic acids is 1. The maximum absolute atomic E-state index is 14.6. The monoisotopic (exact) mass is 451 g/mol. The van der Waals surface area contributed by atoms with Crippen LogP contribution < -0.4 is 5.32 Å². The van der Waals surface area contributed by atoms with E-state index in [1.54, 1.807) is 6.92 Å². The Morgan fingerprint density at radius 1 is 1.25 bits per heavy atom. The van der Waals surface area contributed by atoms with E-state index in [9.17, 15) is 27.2 Å². The van der Waals surface area contributed by atoms with Crippen LogP contribution in [0.15, 0.2) is 60.6 Å². The standard InChI is InChI=1S/C21H17F4N3O4/c1-20(8-6-13(7-9-20)32-21(23,24)25)17(16-14(22)3-2-10-26-16)28-18(29)15-5-4-12(11-27-15)19(30)31/h2-8,10-11,17H,9H2,1H3,(H,28,29)(H,30,31). The van der Waals surface area contributed by atoms with E-state index in [2.05, 4.69) is 20.0 Å². The Kier molecular flexibility index (Phi) is 6.28. The smallest absolute Gasteiger partial charge is 0.478 e. The SMILES string of the molecule is CC1(C(NC(=O)c2ccc(C(=O)O)cn2)c2ncccc2F)C=CC(OC(F)(F)F)=CC1. The Morgan fingerprint density at radius 2 is 2.00 bits per heavy atom. The second-order valence-corrected chi connectivity index (χ2v) is 7.21. The number of ether oxygens (including phenoxy) is 1. The number of hydrogen-bond donors (Lipinski definition) is 2. The summed E-state index contributed by atoms with van der Waals surface area (Å²) in [5.74, 6) is -3.11. The lowest BCUT2D eigenvalue weighted by atomic mass is 9.75. The Labute approximate surface area is 179 Å². The number of amides is 1. The number of halogens is 4. The van der Waals surface area contributed by atoms with Crippen LogP contribution in [0.25, 0.3) is 0 Å². The molecule has 2 heterocycles. The molecule has 0 radical (unpaired) electrons. The molecule has 1 aliphatic carbocycles. The van der Waals surface area contributed by atoms with Crippen molar-refractivity contribution >= 4 is 11.9 Å². The highest BCUT2D eigenvalue weighted by atomic mass is 19.4. The van der Waals surface area contributed by atoms with E-state index in [0.29, 0.717) is 0 Å². The van der Waals surface area contributed by atoms with Gasteiger partial charge in [0.05, 0.1) is 17.3 Å². The van der Waals surface area contributed by atoms with Gasteiger partial charge in [0.25, 0.3) is 5.91 Å². The van der Waals surface area contributed by atoms with Crippen LogP contribution in [0, 0.1) is 11.2 Å². The predicted octanol–water partition coefficient (Wildman–Crippen LogP) is 4.17. The number of carbonyl (C=O) groups is 2. The molecule has 11 heteroatoms. The van der Waals surface area contributed by atoms with Gasteiger partial charge in [0, 0.05) is 17.8 Å². The summed E-state index contributed by atoms with van der Waals surface area (Å²) in [6.45, 7) is 1.62. The summed E-state index contributed by atoms with van der Waals surface area (Å²) < 4.78 is 55.9. The van der Waals surface area contributed by atoms with Gasteiger partial charge in [-0.15, -0.1) is 13.2 Å². The van der Waals surface area contributed by atoms with Crippen molar-refractivity contribution in [2.75, 3.05) is 0 Å². The first-order chi connectivity index (χ1) is 15.0. The Hall–Kier alpha value is -3.76. The molecular formula is C21H17F4N3O4. The van der Waals surface area contributed by atoms with E-state index in [4.69, 9.17) is 5.11 Å². The summed E-state index contributed by atoms with van der Waals surface area (Å²) in [5, 5.41) is 11.6. The van der Waals surface area contributed by atoms with Gasteiger partial charge in [0.2, 0.25) is 0 Å². The molecule has 0 spiro atoms. The second-order valence-electron chi connectivity index (χ2n) is 7.21. The molecule has 0 saturated carbocycles. The fourth-order valence-corrected chi connectivity index (χ4v) is 3.17. The molecule has 0 aromatic carbocycles. The molecule has 7 nitrogen and oxygen atoms in total. The van der Waals surface area contributed by atoms with Crippen LogP contribution in [0.2, 0.25) is 0 Å². The van der Waals surface area contributed by atoms with Crippen LogP contribution in [-0.2, 0) is 4.74 Å². The number of hydrogen-bond acceptors (Lipinski definition) is 5. The average Bonchev–Trinajstić information content (AvgIpc) is 2.73. The van der Waals surface area contributed by atoms with Crippen molar-refractivity contribution in [2.24, 2.45) is 5.41 Å². The summed E-state index contributed by atoms with van der Waals surface area (Å²) in [6.07, 6.45) is 1.10. The molecule has 0 bridgehead atoms. The molecule has 2 N–H and O–H groups in total. The molecule has 0 saturated heterocycles. The van der Waals surface area contributed by atoms with Gasteiger partial charge in [-0.25, -0.2) is 9.18 Å². The zero-order valence-electron chi connectivity index (χ0n) is 16.6. The first-order valence-electron chi connectivity index (χ1n) is 9.24. The van der Waals surface area contributed by atoms with Gasteiger partial charge >= 0.3 is 12.3 Å². The minimum Gasteiger partial charge on any atom is -0.478 e. The van der Waals surface area contributed by atoms with Crippen LogP contribution in [0.1, 0.15) is 45.9 Å². The quantitative estimate of drug-likeness (QED) is 0.640. The molecule has 2 aromatic rings. The molecule has 168 valence electrons. The maximum Gasteiger partial charge on any atom is 0.573 e. The van der Waals surface area contributed by atoms with E-state index in [0.717, 1.165) is 18.3 Å².